The van der Waals surface area contributed by atoms with E-state index in [1.54, 1.807) is 12.4 Å². The fourth-order valence-corrected chi connectivity index (χ4v) is 4.29. The molecule has 0 aliphatic heterocycles. The van der Waals surface area contributed by atoms with Gasteiger partial charge in [-0.1, -0.05) is 13.8 Å². The minimum absolute atomic E-state index is 0.0877. The second-order valence-corrected chi connectivity index (χ2v) is 7.88. The number of hydrogen-bond acceptors (Lipinski definition) is 5. The van der Waals surface area contributed by atoms with Crippen LogP contribution in [-0.2, 0) is 6.42 Å². The van der Waals surface area contributed by atoms with Crippen molar-refractivity contribution in [2.75, 3.05) is 0 Å². The molecule has 1 N–H and O–H groups in total. The first-order valence-electron chi connectivity index (χ1n) is 9.10. The number of aromatic nitrogens is 6. The van der Waals surface area contributed by atoms with E-state index < -0.39 is 0 Å². The van der Waals surface area contributed by atoms with E-state index in [2.05, 4.69) is 49.5 Å². The molecule has 0 amide bonds. The van der Waals surface area contributed by atoms with Crippen molar-refractivity contribution in [3.63, 3.8) is 0 Å². The van der Waals surface area contributed by atoms with E-state index >= 15 is 0 Å². The summed E-state index contributed by atoms with van der Waals surface area (Å²) in [5, 5.41) is 17.8. The Hall–Kier alpha value is -3.27. The van der Waals surface area contributed by atoms with Crippen molar-refractivity contribution in [1.29, 1.82) is 5.26 Å². The summed E-state index contributed by atoms with van der Waals surface area (Å²) in [6.45, 7) is 4.60. The Morgan fingerprint density at radius 3 is 2.85 bits per heavy atom. The highest BCUT2D eigenvalue weighted by molar-refractivity contribution is 5.74. The normalized spacial score (nSPS) is 21.2. The number of nitrogens with zero attached hydrogens (tertiary/aromatic N) is 6. The van der Waals surface area contributed by atoms with Gasteiger partial charge in [0.25, 0.3) is 0 Å². The average molecular weight is 357 g/mol. The Bertz CT molecular complexity index is 1180. The first kappa shape index (κ1) is 15.9. The number of rotatable bonds is 3. The Balaban J connectivity index is 1.45. The van der Waals surface area contributed by atoms with Gasteiger partial charge in [0.15, 0.2) is 11.3 Å². The molecule has 0 aromatic carbocycles. The van der Waals surface area contributed by atoms with Crippen molar-refractivity contribution in [3.05, 3.63) is 53.9 Å². The van der Waals surface area contributed by atoms with E-state index in [4.69, 9.17) is 5.26 Å². The van der Waals surface area contributed by atoms with Crippen molar-refractivity contribution < 1.29 is 0 Å². The number of pyridine rings is 1. The van der Waals surface area contributed by atoms with Crippen LogP contribution >= 0.6 is 0 Å². The molecule has 1 fully saturated rings. The van der Waals surface area contributed by atoms with Gasteiger partial charge in [-0.15, -0.1) is 10.2 Å². The van der Waals surface area contributed by atoms with Gasteiger partial charge < -0.3 is 4.98 Å². The van der Waals surface area contributed by atoms with E-state index in [-0.39, 0.29) is 5.41 Å². The quantitative estimate of drug-likeness (QED) is 0.607. The number of H-pyrrole nitrogens is 1. The number of aromatic amines is 1. The minimum atomic E-state index is 0.0877. The van der Waals surface area contributed by atoms with Crippen molar-refractivity contribution in [2.24, 2.45) is 11.3 Å². The van der Waals surface area contributed by atoms with Gasteiger partial charge in [-0.05, 0) is 42.4 Å². The summed E-state index contributed by atoms with van der Waals surface area (Å²) in [5.74, 6) is 1.85. The predicted octanol–water partition coefficient (Wildman–Crippen LogP) is 3.24. The Morgan fingerprint density at radius 2 is 2.11 bits per heavy atom. The molecular formula is C20H19N7. The third-order valence-corrected chi connectivity index (χ3v) is 6.16. The highest BCUT2D eigenvalue weighted by Crippen LogP contribution is 2.57. The zero-order valence-corrected chi connectivity index (χ0v) is 15.2. The molecule has 134 valence electrons. The molecule has 0 radical (unpaired) electrons. The molecule has 0 spiro atoms. The van der Waals surface area contributed by atoms with E-state index in [9.17, 15) is 0 Å². The van der Waals surface area contributed by atoms with Gasteiger partial charge >= 0.3 is 0 Å². The van der Waals surface area contributed by atoms with Gasteiger partial charge in [-0.25, -0.2) is 4.98 Å². The lowest BCUT2D eigenvalue weighted by atomic mass is 9.53. The van der Waals surface area contributed by atoms with Gasteiger partial charge in [-0.2, -0.15) is 5.26 Å². The lowest BCUT2D eigenvalue weighted by Gasteiger charge is -2.51. The molecule has 27 heavy (non-hydrogen) atoms. The number of nitrogens with one attached hydrogen (secondary N) is 1. The summed E-state index contributed by atoms with van der Waals surface area (Å²) < 4.78 is 2.13. The molecule has 1 saturated carbocycles. The lowest BCUT2D eigenvalue weighted by molar-refractivity contribution is 0.0275. The second-order valence-electron chi connectivity index (χ2n) is 7.88. The Kier molecular flexibility index (Phi) is 3.31. The van der Waals surface area contributed by atoms with Crippen molar-refractivity contribution in [1.82, 2.24) is 29.5 Å². The SMILES string of the molecule is CC1(C)[C@@H](Cc2ccc(C#N)cn2)C[C@H]1c1nnc2cnc3[nH]ccc3n12. The monoisotopic (exact) mass is 357 g/mol. The van der Waals surface area contributed by atoms with Crippen LogP contribution in [-0.4, -0.2) is 29.5 Å². The molecule has 5 rings (SSSR count). The first-order chi connectivity index (χ1) is 13.1. The van der Waals surface area contributed by atoms with Crippen LogP contribution in [0.25, 0.3) is 16.8 Å². The highest BCUT2D eigenvalue weighted by atomic mass is 15.3. The number of hydrogen-bond donors (Lipinski definition) is 1. The maximum absolute atomic E-state index is 8.93. The predicted molar refractivity (Wildman–Crippen MR) is 99.9 cm³/mol. The standard InChI is InChI=1S/C20H19N7/c1-20(2)13(7-14-4-3-12(9-21)10-23-14)8-15(20)19-26-25-17-11-24-18-16(27(17)19)5-6-22-18/h3-6,10-11,13,15,22H,7-8H2,1-2H3/t13-,15-/m0/s1. The fraction of sp³-hybridized carbons (Fsp3) is 0.350. The van der Waals surface area contributed by atoms with Gasteiger partial charge in [0, 0.05) is 24.0 Å². The minimum Gasteiger partial charge on any atom is -0.345 e. The number of nitriles is 1. The molecular weight excluding hydrogens is 338 g/mol. The van der Waals surface area contributed by atoms with Crippen molar-refractivity contribution >= 4 is 16.8 Å². The van der Waals surface area contributed by atoms with Crippen LogP contribution in [0.4, 0.5) is 0 Å². The topological polar surface area (TPSA) is 95.5 Å². The summed E-state index contributed by atoms with van der Waals surface area (Å²) in [6, 6.07) is 7.94. The molecule has 2 atom stereocenters. The van der Waals surface area contributed by atoms with Crippen LogP contribution < -0.4 is 0 Å². The third-order valence-electron chi connectivity index (χ3n) is 6.16. The summed E-state index contributed by atoms with van der Waals surface area (Å²) >= 11 is 0. The molecule has 4 aromatic rings. The van der Waals surface area contributed by atoms with Crippen LogP contribution in [0.1, 0.15) is 43.3 Å². The Labute approximate surface area is 156 Å². The smallest absolute Gasteiger partial charge is 0.179 e. The summed E-state index contributed by atoms with van der Waals surface area (Å²) in [7, 11) is 0. The van der Waals surface area contributed by atoms with E-state index in [1.165, 1.54) is 0 Å². The highest BCUT2D eigenvalue weighted by Gasteiger charge is 2.50. The molecule has 4 aromatic heterocycles. The summed E-state index contributed by atoms with van der Waals surface area (Å²) in [6.07, 6.45) is 7.27. The summed E-state index contributed by atoms with van der Waals surface area (Å²) in [4.78, 5) is 12.0. The van der Waals surface area contributed by atoms with Crippen LogP contribution in [0.15, 0.2) is 36.8 Å². The van der Waals surface area contributed by atoms with E-state index in [1.807, 2.05) is 24.4 Å². The maximum Gasteiger partial charge on any atom is 0.179 e. The second kappa shape index (κ2) is 5.61. The zero-order valence-electron chi connectivity index (χ0n) is 15.2. The van der Waals surface area contributed by atoms with Crippen LogP contribution in [0.5, 0.6) is 0 Å². The van der Waals surface area contributed by atoms with Gasteiger partial charge in [0.2, 0.25) is 0 Å². The first-order valence-corrected chi connectivity index (χ1v) is 9.10. The lowest BCUT2D eigenvalue weighted by Crippen LogP contribution is -2.45. The molecule has 1 aliphatic rings. The van der Waals surface area contributed by atoms with Crippen LogP contribution in [0, 0.1) is 22.7 Å². The van der Waals surface area contributed by atoms with Crippen molar-refractivity contribution in [3.8, 4) is 6.07 Å². The molecule has 0 saturated heterocycles. The zero-order chi connectivity index (χ0) is 18.6. The largest absolute Gasteiger partial charge is 0.345 e. The average Bonchev–Trinajstić information content (AvgIpc) is 3.31. The van der Waals surface area contributed by atoms with Crippen LogP contribution in [0.3, 0.4) is 0 Å². The molecule has 1 aliphatic carbocycles. The molecule has 4 heterocycles. The van der Waals surface area contributed by atoms with E-state index in [0.717, 1.165) is 41.2 Å². The molecule has 0 unspecified atom stereocenters. The maximum atomic E-state index is 8.93. The van der Waals surface area contributed by atoms with E-state index in [0.29, 0.717) is 17.4 Å². The van der Waals surface area contributed by atoms with Gasteiger partial charge in [-0.3, -0.25) is 9.38 Å². The molecule has 0 bridgehead atoms. The van der Waals surface area contributed by atoms with Crippen LogP contribution in [0.2, 0.25) is 0 Å². The van der Waals surface area contributed by atoms with Crippen molar-refractivity contribution in [2.45, 2.75) is 32.6 Å². The number of fused-ring (bicyclic) bond motifs is 3. The third kappa shape index (κ3) is 2.33. The molecule has 7 heteroatoms. The summed E-state index contributed by atoms with van der Waals surface area (Å²) in [5.41, 5.74) is 4.37. The van der Waals surface area contributed by atoms with Gasteiger partial charge in [0.1, 0.15) is 11.9 Å². The fourth-order valence-electron chi connectivity index (χ4n) is 4.29. The Morgan fingerprint density at radius 1 is 1.22 bits per heavy atom. The molecule has 7 nitrogen and oxygen atoms in total. The van der Waals surface area contributed by atoms with Gasteiger partial charge in [0.05, 0.1) is 17.3 Å².